The second-order valence-corrected chi connectivity index (χ2v) is 7.54. The molecule has 0 aliphatic carbocycles. The van der Waals surface area contributed by atoms with E-state index in [0.29, 0.717) is 22.1 Å². The third-order valence-corrected chi connectivity index (χ3v) is 5.23. The number of nitrogens with one attached hydrogen (secondary N) is 2. The second kappa shape index (κ2) is 9.02. The number of para-hydroxylation sites is 3. The van der Waals surface area contributed by atoms with Crippen LogP contribution in [-0.4, -0.2) is 21.4 Å². The topological polar surface area (TPSA) is 76.0 Å². The highest BCUT2D eigenvalue weighted by atomic mass is 35.5. The fourth-order valence-electron chi connectivity index (χ4n) is 3.42. The number of benzene rings is 3. The molecule has 1 heterocycles. The summed E-state index contributed by atoms with van der Waals surface area (Å²) in [5, 5.41) is 6.28. The predicted molar refractivity (Wildman–Crippen MR) is 122 cm³/mol. The minimum atomic E-state index is -0.409. The smallest absolute Gasteiger partial charge is 0.251 e. The molecule has 1 aromatic heterocycles. The first-order valence-electron chi connectivity index (χ1n) is 9.88. The van der Waals surface area contributed by atoms with Crippen molar-refractivity contribution >= 4 is 40.1 Å². The van der Waals surface area contributed by atoms with Crippen LogP contribution in [0.1, 0.15) is 29.1 Å². The molecule has 7 heteroatoms. The summed E-state index contributed by atoms with van der Waals surface area (Å²) in [6.07, 6.45) is 0. The fourth-order valence-corrected chi connectivity index (χ4v) is 3.60. The third kappa shape index (κ3) is 4.59. The minimum Gasteiger partial charge on any atom is -0.342 e. The summed E-state index contributed by atoms with van der Waals surface area (Å²) in [5.74, 6) is 0.158. The monoisotopic (exact) mass is 432 g/mol. The van der Waals surface area contributed by atoms with Crippen molar-refractivity contribution in [2.45, 2.75) is 19.5 Å². The van der Waals surface area contributed by atoms with Gasteiger partial charge in [-0.1, -0.05) is 54.1 Å². The molecule has 0 radical (unpaired) electrons. The van der Waals surface area contributed by atoms with Crippen LogP contribution in [0.2, 0.25) is 5.02 Å². The molecule has 3 aromatic carbocycles. The highest BCUT2D eigenvalue weighted by Gasteiger charge is 2.20. The van der Waals surface area contributed by atoms with Crippen molar-refractivity contribution in [2.75, 3.05) is 5.32 Å². The van der Waals surface area contributed by atoms with Gasteiger partial charge in [0, 0.05) is 5.56 Å². The van der Waals surface area contributed by atoms with E-state index in [1.165, 1.54) is 0 Å². The first-order chi connectivity index (χ1) is 15.0. The summed E-state index contributed by atoms with van der Waals surface area (Å²) in [6.45, 7) is 1.89. The molecule has 1 atom stereocenters. The molecule has 31 heavy (non-hydrogen) atoms. The molecule has 2 amide bonds. The van der Waals surface area contributed by atoms with Crippen molar-refractivity contribution < 1.29 is 9.59 Å². The van der Waals surface area contributed by atoms with Crippen LogP contribution in [0.5, 0.6) is 0 Å². The molecule has 0 aliphatic heterocycles. The Hall–Kier alpha value is -3.64. The van der Waals surface area contributed by atoms with Crippen molar-refractivity contribution in [3.8, 4) is 0 Å². The van der Waals surface area contributed by atoms with Crippen LogP contribution < -0.4 is 10.6 Å². The lowest BCUT2D eigenvalue weighted by Gasteiger charge is -2.16. The van der Waals surface area contributed by atoms with Gasteiger partial charge in [0.25, 0.3) is 5.91 Å². The summed E-state index contributed by atoms with van der Waals surface area (Å²) in [7, 11) is 0. The van der Waals surface area contributed by atoms with Gasteiger partial charge in [-0.05, 0) is 43.3 Å². The number of fused-ring (bicyclic) bond motifs is 1. The summed E-state index contributed by atoms with van der Waals surface area (Å²) < 4.78 is 1.82. The molecule has 0 bridgehead atoms. The van der Waals surface area contributed by atoms with Crippen molar-refractivity contribution in [1.82, 2.24) is 14.9 Å². The van der Waals surface area contributed by atoms with Gasteiger partial charge < -0.3 is 15.2 Å². The van der Waals surface area contributed by atoms with E-state index >= 15 is 0 Å². The van der Waals surface area contributed by atoms with Gasteiger partial charge in [0.1, 0.15) is 12.4 Å². The lowest BCUT2D eigenvalue weighted by Crippen LogP contribution is -2.30. The molecule has 4 aromatic rings. The van der Waals surface area contributed by atoms with E-state index in [-0.39, 0.29) is 18.4 Å². The number of amides is 2. The number of anilines is 1. The van der Waals surface area contributed by atoms with E-state index in [4.69, 9.17) is 11.6 Å². The number of rotatable bonds is 6. The normalized spacial score (nSPS) is 11.8. The van der Waals surface area contributed by atoms with Crippen molar-refractivity contribution in [1.29, 1.82) is 0 Å². The number of imidazole rings is 1. The molecular formula is C24H21ClN4O2. The van der Waals surface area contributed by atoms with Crippen molar-refractivity contribution in [2.24, 2.45) is 0 Å². The van der Waals surface area contributed by atoms with Crippen molar-refractivity contribution in [3.05, 3.63) is 95.3 Å². The molecule has 0 saturated heterocycles. The number of hydrogen-bond donors (Lipinski definition) is 2. The molecule has 1 unspecified atom stereocenters. The van der Waals surface area contributed by atoms with Crippen LogP contribution in [0.4, 0.5) is 5.69 Å². The number of aromatic nitrogens is 2. The molecule has 2 N–H and O–H groups in total. The number of nitrogens with zero attached hydrogens (tertiary/aromatic N) is 2. The zero-order valence-electron chi connectivity index (χ0n) is 16.9. The SMILES string of the molecule is CC(NC(=O)c1ccccc1)c1nc2ccccc2n1CC(=O)Nc1ccccc1Cl. The molecule has 6 nitrogen and oxygen atoms in total. The first-order valence-corrected chi connectivity index (χ1v) is 10.3. The van der Waals surface area contributed by atoms with Crippen LogP contribution in [-0.2, 0) is 11.3 Å². The zero-order chi connectivity index (χ0) is 21.8. The summed E-state index contributed by atoms with van der Waals surface area (Å²) in [4.78, 5) is 30.1. The van der Waals surface area contributed by atoms with Crippen LogP contribution in [0.25, 0.3) is 11.0 Å². The standard InChI is InChI=1S/C24H21ClN4O2/c1-16(26-24(31)17-9-3-2-4-10-17)23-28-20-13-7-8-14-21(20)29(23)15-22(30)27-19-12-6-5-11-18(19)25/h2-14,16H,15H2,1H3,(H,26,31)(H,27,30). The Labute approximate surface area is 184 Å². The average molecular weight is 433 g/mol. The van der Waals surface area contributed by atoms with Crippen LogP contribution in [0.15, 0.2) is 78.9 Å². The van der Waals surface area contributed by atoms with Gasteiger partial charge in [0.2, 0.25) is 5.91 Å². The highest BCUT2D eigenvalue weighted by Crippen LogP contribution is 2.23. The van der Waals surface area contributed by atoms with Gasteiger partial charge >= 0.3 is 0 Å². The summed E-state index contributed by atoms with van der Waals surface area (Å²) in [6, 6.07) is 23.2. The average Bonchev–Trinajstić information content (AvgIpc) is 3.14. The lowest BCUT2D eigenvalue weighted by molar-refractivity contribution is -0.116. The molecule has 0 spiro atoms. The summed E-state index contributed by atoms with van der Waals surface area (Å²) >= 11 is 6.16. The maximum atomic E-state index is 12.8. The second-order valence-electron chi connectivity index (χ2n) is 7.13. The van der Waals surface area contributed by atoms with E-state index in [9.17, 15) is 9.59 Å². The van der Waals surface area contributed by atoms with Gasteiger partial charge in [-0.2, -0.15) is 0 Å². The molecule has 156 valence electrons. The quantitative estimate of drug-likeness (QED) is 0.458. The van der Waals surface area contributed by atoms with Crippen molar-refractivity contribution in [3.63, 3.8) is 0 Å². The predicted octanol–water partition coefficient (Wildman–Crippen LogP) is 4.82. The Kier molecular flexibility index (Phi) is 6.00. The van der Waals surface area contributed by atoms with Gasteiger partial charge in [-0.15, -0.1) is 0 Å². The summed E-state index contributed by atoms with van der Waals surface area (Å²) in [5.41, 5.74) is 2.68. The van der Waals surface area contributed by atoms with Crippen LogP contribution in [0, 0.1) is 0 Å². The molecule has 0 fully saturated rings. The molecular weight excluding hydrogens is 412 g/mol. The number of halogens is 1. The maximum Gasteiger partial charge on any atom is 0.251 e. The Morgan fingerprint density at radius 3 is 2.42 bits per heavy atom. The Morgan fingerprint density at radius 1 is 0.968 bits per heavy atom. The number of hydrogen-bond acceptors (Lipinski definition) is 3. The zero-order valence-corrected chi connectivity index (χ0v) is 17.6. The molecule has 4 rings (SSSR count). The molecule has 0 aliphatic rings. The number of carbonyl (C=O) groups is 2. The van der Waals surface area contributed by atoms with E-state index in [0.717, 1.165) is 11.0 Å². The number of carbonyl (C=O) groups excluding carboxylic acids is 2. The Bertz CT molecular complexity index is 1240. The van der Waals surface area contributed by atoms with Gasteiger partial charge in [0.05, 0.1) is 27.8 Å². The molecule has 0 saturated carbocycles. The largest absolute Gasteiger partial charge is 0.342 e. The van der Waals surface area contributed by atoms with Crippen LogP contribution >= 0.6 is 11.6 Å². The minimum absolute atomic E-state index is 0.0343. The fraction of sp³-hybridized carbons (Fsp3) is 0.125. The maximum absolute atomic E-state index is 12.8. The van der Waals surface area contributed by atoms with Crippen LogP contribution in [0.3, 0.4) is 0 Å². The van der Waals surface area contributed by atoms with E-state index in [2.05, 4.69) is 15.6 Å². The van der Waals surface area contributed by atoms with Gasteiger partial charge in [-0.3, -0.25) is 9.59 Å². The van der Waals surface area contributed by atoms with E-state index in [1.807, 2.05) is 54.0 Å². The van der Waals surface area contributed by atoms with E-state index in [1.54, 1.807) is 36.4 Å². The van der Waals surface area contributed by atoms with Gasteiger partial charge in [0.15, 0.2) is 0 Å². The third-order valence-electron chi connectivity index (χ3n) is 4.90. The Balaban J connectivity index is 1.60. The highest BCUT2D eigenvalue weighted by molar-refractivity contribution is 6.33. The first kappa shape index (κ1) is 20.6. The Morgan fingerprint density at radius 2 is 1.65 bits per heavy atom. The van der Waals surface area contributed by atoms with E-state index < -0.39 is 6.04 Å². The lowest BCUT2D eigenvalue weighted by atomic mass is 10.2. The van der Waals surface area contributed by atoms with Gasteiger partial charge in [-0.25, -0.2) is 4.98 Å².